The van der Waals surface area contributed by atoms with Crippen molar-refractivity contribution in [2.75, 3.05) is 6.61 Å². The Bertz CT molecular complexity index is 1590. The minimum absolute atomic E-state index is 0.0247. The molecule has 1 aliphatic carbocycles. The lowest BCUT2D eigenvalue weighted by Gasteiger charge is -2.30. The smallest absolute Gasteiger partial charge is 0.216 e. The number of imidazole rings is 1. The van der Waals surface area contributed by atoms with Crippen LogP contribution >= 0.6 is 0 Å². The second kappa shape index (κ2) is 12.4. The Morgan fingerprint density at radius 1 is 1.07 bits per heavy atom. The quantitative estimate of drug-likeness (QED) is 0.265. The third-order valence-corrected chi connectivity index (χ3v) is 7.98. The van der Waals surface area contributed by atoms with Gasteiger partial charge in [0.2, 0.25) is 5.88 Å². The van der Waals surface area contributed by atoms with Crippen molar-refractivity contribution in [1.29, 1.82) is 5.26 Å². The first-order valence-electron chi connectivity index (χ1n) is 14.2. The van der Waals surface area contributed by atoms with Gasteiger partial charge in [-0.1, -0.05) is 6.07 Å². The Balaban J connectivity index is 1.06. The highest BCUT2D eigenvalue weighted by atomic mass is 19.1. The zero-order valence-electron chi connectivity index (χ0n) is 23.0. The number of hydrogen-bond donors (Lipinski definition) is 2. The summed E-state index contributed by atoms with van der Waals surface area (Å²) in [5, 5.41) is 28.3. The number of halogens is 1. The molecule has 0 amide bonds. The van der Waals surface area contributed by atoms with Crippen molar-refractivity contribution in [1.82, 2.24) is 19.5 Å². The maximum absolute atomic E-state index is 14.1. The summed E-state index contributed by atoms with van der Waals surface area (Å²) in [6.45, 7) is 1.44. The highest BCUT2D eigenvalue weighted by molar-refractivity contribution is 5.77. The number of nitriles is 1. The molecule has 0 spiro atoms. The zero-order valence-corrected chi connectivity index (χ0v) is 23.0. The van der Waals surface area contributed by atoms with E-state index in [0.29, 0.717) is 29.7 Å². The van der Waals surface area contributed by atoms with E-state index in [1.807, 2.05) is 18.2 Å². The summed E-state index contributed by atoms with van der Waals surface area (Å²) < 4.78 is 33.7. The average Bonchev–Trinajstić information content (AvgIpc) is 3.31. The van der Waals surface area contributed by atoms with Gasteiger partial charge in [0.15, 0.2) is 23.7 Å². The average molecular weight is 574 g/mol. The third-order valence-electron chi connectivity index (χ3n) is 7.98. The fraction of sp³-hybridized carbons (Fsp3) is 0.419. The lowest BCUT2D eigenvalue weighted by atomic mass is 9.85. The van der Waals surface area contributed by atoms with Crippen LogP contribution < -0.4 is 9.47 Å². The van der Waals surface area contributed by atoms with Crippen LogP contribution in [0, 0.1) is 23.1 Å². The van der Waals surface area contributed by atoms with Crippen LogP contribution in [0.25, 0.3) is 11.0 Å². The number of hydrogen-bond acceptors (Lipinski definition) is 9. The van der Waals surface area contributed by atoms with E-state index in [9.17, 15) is 14.6 Å². The van der Waals surface area contributed by atoms with E-state index >= 15 is 0 Å². The SMILES string of the molecule is N#Cc1ccc(OCc2nccc(OC3CCC(Cc4nc5ccc(C(O)O)cc5n4C[C@@H]4CCO4)CC3)n2)c(F)c1. The van der Waals surface area contributed by atoms with E-state index in [4.69, 9.17) is 24.5 Å². The summed E-state index contributed by atoms with van der Waals surface area (Å²) in [5.41, 5.74) is 2.41. The Labute approximate surface area is 242 Å². The van der Waals surface area contributed by atoms with Gasteiger partial charge >= 0.3 is 0 Å². The van der Waals surface area contributed by atoms with Gasteiger partial charge in [0.1, 0.15) is 18.5 Å². The molecule has 218 valence electrons. The molecule has 1 aliphatic heterocycles. The summed E-state index contributed by atoms with van der Waals surface area (Å²) >= 11 is 0. The molecule has 2 aromatic heterocycles. The van der Waals surface area contributed by atoms with Crippen LogP contribution in [0.3, 0.4) is 0 Å². The number of fused-ring (bicyclic) bond motifs is 1. The molecule has 0 bridgehead atoms. The second-order valence-electron chi connectivity index (χ2n) is 10.9. The number of nitrogens with zero attached hydrogens (tertiary/aromatic N) is 5. The van der Waals surface area contributed by atoms with E-state index in [2.05, 4.69) is 14.5 Å². The molecule has 11 heteroatoms. The van der Waals surface area contributed by atoms with Crippen molar-refractivity contribution in [3.63, 3.8) is 0 Å². The van der Waals surface area contributed by atoms with E-state index in [1.54, 1.807) is 18.3 Å². The van der Waals surface area contributed by atoms with Crippen LogP contribution in [0.2, 0.25) is 0 Å². The summed E-state index contributed by atoms with van der Waals surface area (Å²) in [7, 11) is 0. The molecule has 4 aromatic rings. The van der Waals surface area contributed by atoms with E-state index in [-0.39, 0.29) is 30.1 Å². The molecule has 3 heterocycles. The van der Waals surface area contributed by atoms with Crippen molar-refractivity contribution in [2.45, 2.75) is 70.2 Å². The Morgan fingerprint density at radius 2 is 1.90 bits per heavy atom. The normalized spacial score (nSPS) is 20.3. The molecule has 10 nitrogen and oxygen atoms in total. The minimum atomic E-state index is -1.53. The first kappa shape index (κ1) is 28.0. The predicted octanol–water partition coefficient (Wildman–Crippen LogP) is 4.37. The van der Waals surface area contributed by atoms with Gasteiger partial charge in [0, 0.05) is 30.9 Å². The Hall–Kier alpha value is -4.11. The minimum Gasteiger partial charge on any atom is -0.483 e. The van der Waals surface area contributed by atoms with Crippen molar-refractivity contribution in [3.8, 4) is 17.7 Å². The fourth-order valence-electron chi connectivity index (χ4n) is 5.57. The lowest BCUT2D eigenvalue weighted by molar-refractivity contribution is -0.0591. The second-order valence-corrected chi connectivity index (χ2v) is 10.9. The van der Waals surface area contributed by atoms with Crippen LogP contribution in [0.15, 0.2) is 48.7 Å². The number of aliphatic hydroxyl groups excluding tert-OH is 1. The molecule has 42 heavy (non-hydrogen) atoms. The number of aliphatic hydroxyl groups is 2. The third kappa shape index (κ3) is 6.36. The van der Waals surface area contributed by atoms with Crippen LogP contribution in [0.1, 0.15) is 61.2 Å². The first-order chi connectivity index (χ1) is 20.4. The molecule has 0 radical (unpaired) electrons. The van der Waals surface area contributed by atoms with Gasteiger partial charge in [-0.05, 0) is 68.4 Å². The highest BCUT2D eigenvalue weighted by Crippen LogP contribution is 2.32. The summed E-state index contributed by atoms with van der Waals surface area (Å²) in [4.78, 5) is 13.6. The van der Waals surface area contributed by atoms with Crippen molar-refractivity contribution >= 4 is 11.0 Å². The number of rotatable bonds is 10. The number of aromatic nitrogens is 4. The molecular weight excluding hydrogens is 541 g/mol. The first-order valence-corrected chi connectivity index (χ1v) is 14.2. The van der Waals surface area contributed by atoms with Gasteiger partial charge in [-0.2, -0.15) is 10.2 Å². The van der Waals surface area contributed by atoms with Gasteiger partial charge in [0.05, 0.1) is 35.3 Å². The summed E-state index contributed by atoms with van der Waals surface area (Å²) in [5.74, 6) is 1.69. The summed E-state index contributed by atoms with van der Waals surface area (Å²) in [6.07, 6.45) is 5.80. The number of benzene rings is 2. The highest BCUT2D eigenvalue weighted by Gasteiger charge is 2.27. The van der Waals surface area contributed by atoms with E-state index < -0.39 is 12.1 Å². The van der Waals surface area contributed by atoms with Gasteiger partial charge in [-0.25, -0.2) is 14.4 Å². The molecule has 6 rings (SSSR count). The lowest BCUT2D eigenvalue weighted by Crippen LogP contribution is -2.32. The monoisotopic (exact) mass is 573 g/mol. The van der Waals surface area contributed by atoms with Crippen LogP contribution in [0.5, 0.6) is 11.6 Å². The largest absolute Gasteiger partial charge is 0.483 e. The van der Waals surface area contributed by atoms with E-state index in [1.165, 1.54) is 12.1 Å². The molecular formula is C31H32FN5O5. The Kier molecular flexibility index (Phi) is 8.28. The predicted molar refractivity (Wildman–Crippen MR) is 149 cm³/mol. The Morgan fingerprint density at radius 3 is 2.62 bits per heavy atom. The van der Waals surface area contributed by atoms with Crippen LogP contribution in [-0.4, -0.2) is 48.5 Å². The van der Waals surface area contributed by atoms with E-state index in [0.717, 1.165) is 68.1 Å². The van der Waals surface area contributed by atoms with Gasteiger partial charge in [-0.15, -0.1) is 0 Å². The molecule has 2 aliphatic rings. The van der Waals surface area contributed by atoms with Gasteiger partial charge < -0.3 is 29.0 Å². The fourth-order valence-corrected chi connectivity index (χ4v) is 5.57. The molecule has 2 N–H and O–H groups in total. The zero-order chi connectivity index (χ0) is 29.1. The standard InChI is InChI=1S/C31H32FN5O5/c32-24-13-20(16-33)3-8-27(24)41-18-28-34-11-9-30(36-28)42-22-5-1-19(2-6-22)14-29-35-25-7-4-21(31(38)39)15-26(25)37(29)17-23-10-12-40-23/h3-4,7-9,11,13,15,19,22-23,31,38-39H,1-2,5-6,10,12,14,17-18H2/t19?,22?,23-/m0/s1. The van der Waals surface area contributed by atoms with Crippen molar-refractivity contribution in [3.05, 3.63) is 77.3 Å². The molecule has 0 unspecified atom stereocenters. The number of ether oxygens (including phenoxy) is 3. The molecule has 1 saturated carbocycles. The maximum Gasteiger partial charge on any atom is 0.216 e. The topological polar surface area (TPSA) is 136 Å². The molecule has 1 saturated heterocycles. The molecule has 2 fully saturated rings. The molecule has 1 atom stereocenters. The van der Waals surface area contributed by atoms with Crippen LogP contribution in [0.4, 0.5) is 4.39 Å². The van der Waals surface area contributed by atoms with Gasteiger partial charge in [0.25, 0.3) is 0 Å². The van der Waals surface area contributed by atoms with Crippen molar-refractivity contribution in [2.24, 2.45) is 5.92 Å². The van der Waals surface area contributed by atoms with Gasteiger partial charge in [-0.3, -0.25) is 0 Å². The summed E-state index contributed by atoms with van der Waals surface area (Å²) in [6, 6.07) is 13.0. The van der Waals surface area contributed by atoms with Crippen molar-refractivity contribution < 1.29 is 28.8 Å². The maximum atomic E-state index is 14.1. The van der Waals surface area contributed by atoms with Crippen LogP contribution in [-0.2, 0) is 24.3 Å². The molecule has 2 aromatic carbocycles.